The lowest BCUT2D eigenvalue weighted by molar-refractivity contribution is -0.114. The second-order valence-electron chi connectivity index (χ2n) is 5.51. The van der Waals surface area contributed by atoms with E-state index < -0.39 is 0 Å². The van der Waals surface area contributed by atoms with Crippen molar-refractivity contribution >= 4 is 35.0 Å². The highest BCUT2D eigenvalue weighted by molar-refractivity contribution is 7.99. The Hall–Kier alpha value is -3.06. The highest BCUT2D eigenvalue weighted by atomic mass is 32.2. The molecule has 2 amide bonds. The van der Waals surface area contributed by atoms with Gasteiger partial charge in [0.25, 0.3) is 0 Å². The molecule has 2 N–H and O–H groups in total. The lowest BCUT2D eigenvalue weighted by atomic mass is 10.3. The van der Waals surface area contributed by atoms with Crippen LogP contribution in [0.25, 0.3) is 5.69 Å². The first-order chi connectivity index (χ1) is 12.6. The molecule has 3 rings (SSSR count). The van der Waals surface area contributed by atoms with Gasteiger partial charge in [-0.15, -0.1) is 0 Å². The number of hydrogen-bond acceptors (Lipinski definition) is 4. The zero-order valence-electron chi connectivity index (χ0n) is 14.2. The number of thioether (sulfide) groups is 1. The molecule has 0 saturated heterocycles. The number of carbonyl (C=O) groups excluding carboxylic acids is 2. The first-order valence-electron chi connectivity index (χ1n) is 8.01. The summed E-state index contributed by atoms with van der Waals surface area (Å²) in [6, 6.07) is 16.8. The van der Waals surface area contributed by atoms with Gasteiger partial charge in [-0.05, 0) is 36.4 Å². The molecule has 26 heavy (non-hydrogen) atoms. The summed E-state index contributed by atoms with van der Waals surface area (Å²) in [5.74, 6) is -0.00547. The fourth-order valence-corrected chi connectivity index (χ4v) is 3.12. The molecule has 0 unspecified atom stereocenters. The van der Waals surface area contributed by atoms with E-state index in [0.717, 1.165) is 10.8 Å². The Morgan fingerprint density at radius 2 is 1.65 bits per heavy atom. The third-order valence-electron chi connectivity index (χ3n) is 3.46. The number of aromatic nitrogens is 2. The van der Waals surface area contributed by atoms with Crippen LogP contribution in [0.15, 0.2) is 72.1 Å². The van der Waals surface area contributed by atoms with E-state index in [1.165, 1.54) is 18.7 Å². The maximum Gasteiger partial charge on any atom is 0.234 e. The highest BCUT2D eigenvalue weighted by Crippen LogP contribution is 2.21. The van der Waals surface area contributed by atoms with E-state index in [-0.39, 0.29) is 17.6 Å². The number of hydrogen-bond donors (Lipinski definition) is 2. The number of nitrogens with zero attached hydrogens (tertiary/aromatic N) is 2. The van der Waals surface area contributed by atoms with Crippen molar-refractivity contribution in [3.63, 3.8) is 0 Å². The number of benzene rings is 2. The molecular weight excluding hydrogens is 348 g/mol. The lowest BCUT2D eigenvalue weighted by Gasteiger charge is -2.08. The standard InChI is InChI=1S/C19H18N4O2S/c1-14(24)21-15-7-9-16(10-8-15)22-18(25)13-26-19-20-11-12-23(19)17-5-3-2-4-6-17/h2-12H,13H2,1H3,(H,21,24)(H,22,25). The van der Waals surface area contributed by atoms with Crippen LogP contribution in [0, 0.1) is 0 Å². The van der Waals surface area contributed by atoms with Crippen LogP contribution in [-0.2, 0) is 9.59 Å². The van der Waals surface area contributed by atoms with Gasteiger partial charge in [-0.3, -0.25) is 14.2 Å². The van der Waals surface area contributed by atoms with Crippen LogP contribution >= 0.6 is 11.8 Å². The van der Waals surface area contributed by atoms with Gasteiger partial charge in [0, 0.05) is 36.4 Å². The number of rotatable bonds is 6. The van der Waals surface area contributed by atoms with Crippen molar-refractivity contribution in [1.82, 2.24) is 9.55 Å². The molecule has 0 fully saturated rings. The van der Waals surface area contributed by atoms with Crippen molar-refractivity contribution in [1.29, 1.82) is 0 Å². The summed E-state index contributed by atoms with van der Waals surface area (Å²) in [4.78, 5) is 27.5. The number of nitrogens with one attached hydrogen (secondary N) is 2. The Morgan fingerprint density at radius 3 is 2.31 bits per heavy atom. The number of para-hydroxylation sites is 1. The number of anilines is 2. The molecule has 0 saturated carbocycles. The van der Waals surface area contributed by atoms with Crippen molar-refractivity contribution in [3.8, 4) is 5.69 Å². The minimum absolute atomic E-state index is 0.120. The molecule has 7 heteroatoms. The van der Waals surface area contributed by atoms with Gasteiger partial charge in [-0.25, -0.2) is 4.98 Å². The monoisotopic (exact) mass is 366 g/mol. The predicted molar refractivity (Wildman–Crippen MR) is 104 cm³/mol. The highest BCUT2D eigenvalue weighted by Gasteiger charge is 2.09. The van der Waals surface area contributed by atoms with Gasteiger partial charge >= 0.3 is 0 Å². The minimum atomic E-state index is -0.132. The number of amides is 2. The van der Waals surface area contributed by atoms with Crippen molar-refractivity contribution in [2.24, 2.45) is 0 Å². The number of carbonyl (C=O) groups is 2. The van der Waals surface area contributed by atoms with Crippen LogP contribution in [0.2, 0.25) is 0 Å². The summed E-state index contributed by atoms with van der Waals surface area (Å²) >= 11 is 1.37. The summed E-state index contributed by atoms with van der Waals surface area (Å²) in [5.41, 5.74) is 2.37. The largest absolute Gasteiger partial charge is 0.326 e. The lowest BCUT2D eigenvalue weighted by Crippen LogP contribution is -2.14. The Labute approximate surface area is 155 Å². The second kappa shape index (κ2) is 8.35. The molecule has 0 spiro atoms. The Bertz CT molecular complexity index is 891. The molecule has 3 aromatic rings. The SMILES string of the molecule is CC(=O)Nc1ccc(NC(=O)CSc2nccn2-c2ccccc2)cc1. The third kappa shape index (κ3) is 4.73. The predicted octanol–water partition coefficient (Wildman–Crippen LogP) is 3.56. The maximum atomic E-state index is 12.2. The molecule has 132 valence electrons. The summed E-state index contributed by atoms with van der Waals surface area (Å²) < 4.78 is 1.94. The fraction of sp³-hybridized carbons (Fsp3) is 0.105. The molecule has 1 heterocycles. The Balaban J connectivity index is 1.57. The van der Waals surface area contributed by atoms with E-state index in [1.807, 2.05) is 41.1 Å². The van der Waals surface area contributed by atoms with Gasteiger partial charge < -0.3 is 10.6 Å². The van der Waals surface area contributed by atoms with E-state index in [4.69, 9.17) is 0 Å². The average Bonchev–Trinajstić information content (AvgIpc) is 3.11. The Kier molecular flexibility index (Phi) is 5.70. The van der Waals surface area contributed by atoms with Gasteiger partial charge in [0.15, 0.2) is 5.16 Å². The van der Waals surface area contributed by atoms with Crippen molar-refractivity contribution in [3.05, 3.63) is 67.0 Å². The van der Waals surface area contributed by atoms with E-state index in [2.05, 4.69) is 15.6 Å². The van der Waals surface area contributed by atoms with E-state index >= 15 is 0 Å². The molecule has 1 aromatic heterocycles. The quantitative estimate of drug-likeness (QED) is 0.654. The van der Waals surface area contributed by atoms with Crippen LogP contribution in [0.5, 0.6) is 0 Å². The molecule has 0 atom stereocenters. The van der Waals surface area contributed by atoms with Gasteiger partial charge in [-0.2, -0.15) is 0 Å². The van der Waals surface area contributed by atoms with E-state index in [1.54, 1.807) is 30.5 Å². The molecule has 0 aliphatic carbocycles. The summed E-state index contributed by atoms with van der Waals surface area (Å²) in [5, 5.41) is 6.28. The minimum Gasteiger partial charge on any atom is -0.326 e. The first kappa shape index (κ1) is 17.8. The summed E-state index contributed by atoms with van der Waals surface area (Å²) in [6.07, 6.45) is 3.59. The third-order valence-corrected chi connectivity index (χ3v) is 4.43. The van der Waals surface area contributed by atoms with Crippen LogP contribution in [-0.4, -0.2) is 27.1 Å². The Morgan fingerprint density at radius 1 is 1.00 bits per heavy atom. The van der Waals surface area contributed by atoms with E-state index in [0.29, 0.717) is 11.4 Å². The zero-order valence-corrected chi connectivity index (χ0v) is 15.0. The van der Waals surface area contributed by atoms with Gasteiger partial charge in [0.05, 0.1) is 5.75 Å². The average molecular weight is 366 g/mol. The van der Waals surface area contributed by atoms with Crippen LogP contribution < -0.4 is 10.6 Å². The fourth-order valence-electron chi connectivity index (χ4n) is 2.35. The molecule has 2 aromatic carbocycles. The molecule has 6 nitrogen and oxygen atoms in total. The van der Waals surface area contributed by atoms with Crippen LogP contribution in [0.1, 0.15) is 6.92 Å². The zero-order chi connectivity index (χ0) is 18.4. The van der Waals surface area contributed by atoms with E-state index in [9.17, 15) is 9.59 Å². The van der Waals surface area contributed by atoms with Crippen LogP contribution in [0.3, 0.4) is 0 Å². The maximum absolute atomic E-state index is 12.2. The summed E-state index contributed by atoms with van der Waals surface area (Å²) in [6.45, 7) is 1.45. The van der Waals surface area contributed by atoms with Gasteiger partial charge in [0.2, 0.25) is 11.8 Å². The molecule has 0 aliphatic heterocycles. The molecule has 0 bridgehead atoms. The molecule has 0 aliphatic rings. The van der Waals surface area contributed by atoms with Crippen molar-refractivity contribution < 1.29 is 9.59 Å². The molecular formula is C19H18N4O2S. The van der Waals surface area contributed by atoms with Crippen molar-refractivity contribution in [2.75, 3.05) is 16.4 Å². The second-order valence-corrected chi connectivity index (χ2v) is 6.45. The van der Waals surface area contributed by atoms with Gasteiger partial charge in [-0.1, -0.05) is 30.0 Å². The van der Waals surface area contributed by atoms with Crippen LogP contribution in [0.4, 0.5) is 11.4 Å². The molecule has 0 radical (unpaired) electrons. The smallest absolute Gasteiger partial charge is 0.234 e. The summed E-state index contributed by atoms with van der Waals surface area (Å²) in [7, 11) is 0. The first-order valence-corrected chi connectivity index (χ1v) is 8.99. The van der Waals surface area contributed by atoms with Gasteiger partial charge in [0.1, 0.15) is 0 Å². The number of imidazole rings is 1. The normalized spacial score (nSPS) is 10.3. The van der Waals surface area contributed by atoms with Crippen molar-refractivity contribution in [2.45, 2.75) is 12.1 Å². The topological polar surface area (TPSA) is 76.0 Å².